The molecule has 0 saturated carbocycles. The third-order valence-corrected chi connectivity index (χ3v) is 8.94. The zero-order valence-electron chi connectivity index (χ0n) is 23.2. The van der Waals surface area contributed by atoms with E-state index < -0.39 is 0 Å². The van der Waals surface area contributed by atoms with Crippen LogP contribution >= 0.6 is 23.2 Å². The molecule has 1 N–H and O–H groups in total. The lowest BCUT2D eigenvalue weighted by Gasteiger charge is -2.42. The fourth-order valence-electron chi connectivity index (χ4n) is 5.88. The Bertz CT molecular complexity index is 1180. The van der Waals surface area contributed by atoms with Gasteiger partial charge < -0.3 is 15.1 Å². The van der Waals surface area contributed by atoms with Crippen LogP contribution in [0.2, 0.25) is 10.0 Å². The number of hydrogen-bond acceptors (Lipinski definition) is 3. The first-order chi connectivity index (χ1) is 19.0. The van der Waals surface area contributed by atoms with Crippen LogP contribution in [0.3, 0.4) is 0 Å². The third-order valence-electron chi connectivity index (χ3n) is 8.20. The minimum absolute atomic E-state index is 0.102. The Morgan fingerprint density at radius 3 is 2.21 bits per heavy atom. The summed E-state index contributed by atoms with van der Waals surface area (Å²) in [7, 11) is 2.10. The number of nitrogens with one attached hydrogen (secondary N) is 1. The largest absolute Gasteiger partial charge is 0.338 e. The van der Waals surface area contributed by atoms with Crippen LogP contribution < -0.4 is 5.32 Å². The zero-order valence-corrected chi connectivity index (χ0v) is 24.7. The normalized spacial score (nSPS) is 19.2. The van der Waals surface area contributed by atoms with Crippen molar-refractivity contribution in [3.8, 4) is 0 Å². The molecule has 2 aliphatic heterocycles. The van der Waals surface area contributed by atoms with E-state index in [0.717, 1.165) is 37.1 Å². The van der Waals surface area contributed by atoms with Gasteiger partial charge in [-0.3, -0.25) is 4.79 Å². The van der Waals surface area contributed by atoms with E-state index in [1.807, 2.05) is 53.4 Å². The quantitative estimate of drug-likeness (QED) is 0.334. The van der Waals surface area contributed by atoms with Gasteiger partial charge in [0.15, 0.2) is 0 Å². The van der Waals surface area contributed by atoms with E-state index in [0.29, 0.717) is 16.0 Å². The van der Waals surface area contributed by atoms with Gasteiger partial charge in [-0.2, -0.15) is 0 Å². The van der Waals surface area contributed by atoms with Crippen molar-refractivity contribution in [2.24, 2.45) is 0 Å². The van der Waals surface area contributed by atoms with Crippen LogP contribution in [-0.4, -0.2) is 55.5 Å². The van der Waals surface area contributed by atoms with E-state index in [4.69, 9.17) is 23.2 Å². The number of carbonyl (C=O) groups excluding carboxylic acids is 1. The number of nitrogens with zero attached hydrogens (tertiary/aromatic N) is 2. The Balaban J connectivity index is 0.000000187. The molecular weight excluding hydrogens is 525 g/mol. The fourth-order valence-corrected chi connectivity index (χ4v) is 6.18. The first kappa shape index (κ1) is 29.6. The van der Waals surface area contributed by atoms with E-state index in [9.17, 15) is 4.79 Å². The summed E-state index contributed by atoms with van der Waals surface area (Å²) in [5.41, 5.74) is 3.54. The highest BCUT2D eigenvalue weighted by atomic mass is 35.5. The zero-order chi connectivity index (χ0) is 27.7. The number of piperidine rings is 2. The number of amides is 1. The summed E-state index contributed by atoms with van der Waals surface area (Å²) in [5, 5.41) is 4.71. The minimum atomic E-state index is 0.102. The van der Waals surface area contributed by atoms with E-state index in [-0.39, 0.29) is 11.4 Å². The molecule has 2 aliphatic rings. The van der Waals surface area contributed by atoms with Gasteiger partial charge in [0, 0.05) is 43.2 Å². The number of hydrogen-bond donors (Lipinski definition) is 1. The predicted molar refractivity (Wildman–Crippen MR) is 164 cm³/mol. The molecular formula is C33H41Cl2N3O. The van der Waals surface area contributed by atoms with Crippen molar-refractivity contribution in [3.63, 3.8) is 0 Å². The molecule has 6 heteroatoms. The summed E-state index contributed by atoms with van der Waals surface area (Å²) >= 11 is 12.1. The van der Waals surface area contributed by atoms with Gasteiger partial charge in [-0.05, 0) is 81.1 Å². The Kier molecular flexibility index (Phi) is 10.9. The lowest BCUT2D eigenvalue weighted by atomic mass is 9.81. The number of halogens is 2. The maximum Gasteiger partial charge on any atom is 0.253 e. The van der Waals surface area contributed by atoms with Crippen LogP contribution in [0, 0.1) is 0 Å². The monoisotopic (exact) mass is 565 g/mol. The molecule has 2 fully saturated rings. The average molecular weight is 567 g/mol. The maximum absolute atomic E-state index is 12.6. The second-order valence-electron chi connectivity index (χ2n) is 10.7. The van der Waals surface area contributed by atoms with Gasteiger partial charge in [0.05, 0.1) is 10.0 Å². The molecule has 1 unspecified atom stereocenters. The van der Waals surface area contributed by atoms with Crippen molar-refractivity contribution in [1.82, 2.24) is 15.1 Å². The topological polar surface area (TPSA) is 35.6 Å². The lowest BCUT2D eigenvalue weighted by molar-refractivity contribution is 0.0707. The molecule has 0 spiro atoms. The molecule has 1 atom stereocenters. The van der Waals surface area contributed by atoms with Crippen molar-refractivity contribution in [2.75, 3.05) is 39.8 Å². The SMILES string of the molecule is CCCN1CCC(NC)(c2ccccc2)CC1.O=C(c1ccccc1)N1CCCC(c2ccc(Cl)c(Cl)c2)C1. The Morgan fingerprint density at radius 1 is 0.923 bits per heavy atom. The first-order valence-electron chi connectivity index (χ1n) is 14.2. The molecule has 3 aromatic carbocycles. The molecule has 4 nitrogen and oxygen atoms in total. The molecule has 0 aromatic heterocycles. The van der Waals surface area contributed by atoms with Gasteiger partial charge in [0.2, 0.25) is 0 Å². The highest BCUT2D eigenvalue weighted by Crippen LogP contribution is 2.33. The van der Waals surface area contributed by atoms with Crippen molar-refractivity contribution < 1.29 is 4.79 Å². The van der Waals surface area contributed by atoms with Crippen LogP contribution in [0.15, 0.2) is 78.9 Å². The Hall–Kier alpha value is -2.37. The average Bonchev–Trinajstić information content (AvgIpc) is 3.00. The number of rotatable bonds is 6. The van der Waals surface area contributed by atoms with E-state index in [1.54, 1.807) is 0 Å². The summed E-state index contributed by atoms with van der Waals surface area (Å²) in [6, 6.07) is 26.1. The van der Waals surface area contributed by atoms with Crippen LogP contribution in [0.5, 0.6) is 0 Å². The van der Waals surface area contributed by atoms with Crippen molar-refractivity contribution in [1.29, 1.82) is 0 Å². The third kappa shape index (κ3) is 7.64. The van der Waals surface area contributed by atoms with Gasteiger partial charge >= 0.3 is 0 Å². The minimum Gasteiger partial charge on any atom is -0.338 e. The smallest absolute Gasteiger partial charge is 0.253 e. The predicted octanol–water partition coefficient (Wildman–Crippen LogP) is 7.62. The Morgan fingerprint density at radius 2 is 1.59 bits per heavy atom. The van der Waals surface area contributed by atoms with Gasteiger partial charge in [-0.15, -0.1) is 0 Å². The highest BCUT2D eigenvalue weighted by molar-refractivity contribution is 6.42. The van der Waals surface area contributed by atoms with E-state index >= 15 is 0 Å². The van der Waals surface area contributed by atoms with Crippen LogP contribution in [-0.2, 0) is 5.54 Å². The molecule has 3 aromatic rings. The van der Waals surface area contributed by atoms with Gasteiger partial charge in [-0.25, -0.2) is 0 Å². The molecule has 2 heterocycles. The maximum atomic E-state index is 12.6. The molecule has 2 saturated heterocycles. The molecule has 39 heavy (non-hydrogen) atoms. The molecule has 0 aliphatic carbocycles. The summed E-state index contributed by atoms with van der Waals surface area (Å²) in [5.74, 6) is 0.418. The van der Waals surface area contributed by atoms with E-state index in [1.165, 1.54) is 44.5 Å². The molecule has 1 amide bonds. The highest BCUT2D eigenvalue weighted by Gasteiger charge is 2.34. The summed E-state index contributed by atoms with van der Waals surface area (Å²) in [6.07, 6.45) is 5.76. The molecule has 0 bridgehead atoms. The number of likely N-dealkylation sites (tertiary alicyclic amines) is 2. The van der Waals surface area contributed by atoms with E-state index in [2.05, 4.69) is 54.5 Å². The molecule has 0 radical (unpaired) electrons. The number of benzene rings is 3. The van der Waals surface area contributed by atoms with Crippen molar-refractivity contribution in [3.05, 3.63) is 106 Å². The molecule has 208 valence electrons. The standard InChI is InChI=1S/C18H17Cl2NO.C15H24N2/c19-16-9-8-14(11-17(16)20)15-7-4-10-21(12-15)18(22)13-5-2-1-3-6-13;1-3-11-17-12-9-15(16-2,10-13-17)14-7-5-4-6-8-14/h1-3,5-6,8-9,11,15H,4,7,10,12H2;4-8,16H,3,9-13H2,1-2H3. The van der Waals surface area contributed by atoms with Crippen molar-refractivity contribution in [2.45, 2.75) is 50.5 Å². The number of carbonyl (C=O) groups is 1. The van der Waals surface area contributed by atoms with Gasteiger partial charge in [0.25, 0.3) is 5.91 Å². The fraction of sp³-hybridized carbons (Fsp3) is 0.424. The molecule has 5 rings (SSSR count). The second-order valence-corrected chi connectivity index (χ2v) is 11.5. The van der Waals surface area contributed by atoms with Gasteiger partial charge in [-0.1, -0.05) is 84.7 Å². The van der Waals surface area contributed by atoms with Crippen LogP contribution in [0.25, 0.3) is 0 Å². The summed E-state index contributed by atoms with van der Waals surface area (Å²) < 4.78 is 0. The first-order valence-corrected chi connectivity index (χ1v) is 15.0. The second kappa shape index (κ2) is 14.3. The summed E-state index contributed by atoms with van der Waals surface area (Å²) in [4.78, 5) is 17.1. The Labute approximate surface area is 244 Å². The van der Waals surface area contributed by atoms with Crippen LogP contribution in [0.1, 0.15) is 66.4 Å². The van der Waals surface area contributed by atoms with Gasteiger partial charge in [0.1, 0.15) is 0 Å². The van der Waals surface area contributed by atoms with Crippen LogP contribution in [0.4, 0.5) is 0 Å². The lowest BCUT2D eigenvalue weighted by Crippen LogP contribution is -2.49. The van der Waals surface area contributed by atoms with Crippen molar-refractivity contribution >= 4 is 29.1 Å². The summed E-state index contributed by atoms with van der Waals surface area (Å²) in [6.45, 7) is 7.47.